The number of hydrogen-bond acceptors (Lipinski definition) is 9. The zero-order valence-electron chi connectivity index (χ0n) is 16.1. The normalized spacial score (nSPS) is 22.9. The number of β-lactam (4-membered cyclic amide) rings is 1. The van der Waals surface area contributed by atoms with E-state index in [1.807, 2.05) is 0 Å². The standard InChI is InChI=1S/C17H18N2O8S.Na/c1-9(20)27-7-10-8-28-16-17(25-2,15(24)19(16)13(10)14(22)23)18-12(21)6-11-4-3-5-26-11;/h3-5,16H,6-8H2,1-2H3,(H,18,21)(H,22,23);/q;+1/p-1/t16-,17+;/m1./s1. The smallest absolute Gasteiger partial charge is 0.543 e. The van der Waals surface area contributed by atoms with Gasteiger partial charge in [0.1, 0.15) is 17.7 Å². The van der Waals surface area contributed by atoms with Crippen LogP contribution in [0.5, 0.6) is 0 Å². The van der Waals surface area contributed by atoms with Crippen LogP contribution in [0, 0.1) is 0 Å². The minimum absolute atomic E-state index is 0. The molecule has 1 saturated heterocycles. The van der Waals surface area contributed by atoms with Crippen molar-refractivity contribution in [3.8, 4) is 0 Å². The van der Waals surface area contributed by atoms with Crippen LogP contribution in [-0.4, -0.2) is 59.2 Å². The number of nitrogens with zero attached hydrogens (tertiary/aromatic N) is 1. The van der Waals surface area contributed by atoms with E-state index in [1.54, 1.807) is 12.1 Å². The van der Waals surface area contributed by atoms with Gasteiger partial charge in [-0.15, -0.1) is 11.8 Å². The number of rotatable bonds is 7. The predicted octanol–water partition coefficient (Wildman–Crippen LogP) is -4.23. The maximum absolute atomic E-state index is 12.8. The quantitative estimate of drug-likeness (QED) is 0.197. The zero-order chi connectivity index (χ0) is 20.5. The van der Waals surface area contributed by atoms with Crippen molar-refractivity contribution in [3.63, 3.8) is 0 Å². The van der Waals surface area contributed by atoms with Gasteiger partial charge in [-0.05, 0) is 12.1 Å². The van der Waals surface area contributed by atoms with Crippen molar-refractivity contribution in [3.05, 3.63) is 35.4 Å². The van der Waals surface area contributed by atoms with E-state index in [2.05, 4.69) is 5.32 Å². The topological polar surface area (TPSA) is 138 Å². The Morgan fingerprint density at radius 1 is 1.45 bits per heavy atom. The van der Waals surface area contributed by atoms with Crippen LogP contribution in [0.1, 0.15) is 12.7 Å². The van der Waals surface area contributed by atoms with E-state index in [-0.39, 0.29) is 59.6 Å². The number of nitrogens with one attached hydrogen (secondary N) is 1. The SMILES string of the molecule is CO[C@@]1(NC(=O)Cc2ccco2)C(=O)N2C(C(=O)[O-])=C(COC(C)=O)CS[C@@H]21.[Na+]. The Bertz CT molecular complexity index is 856. The van der Waals surface area contributed by atoms with E-state index in [1.165, 1.54) is 32.1 Å². The van der Waals surface area contributed by atoms with Crippen LogP contribution < -0.4 is 40.0 Å². The monoisotopic (exact) mass is 432 g/mol. The number of ether oxygens (including phenoxy) is 2. The molecule has 10 nitrogen and oxygen atoms in total. The summed E-state index contributed by atoms with van der Waals surface area (Å²) in [6, 6.07) is 3.24. The Morgan fingerprint density at radius 3 is 2.72 bits per heavy atom. The Balaban J connectivity index is 0.00000300. The van der Waals surface area contributed by atoms with Gasteiger partial charge in [0.25, 0.3) is 11.6 Å². The molecule has 3 heterocycles. The average Bonchev–Trinajstić information content (AvgIpc) is 3.15. The van der Waals surface area contributed by atoms with Crippen molar-refractivity contribution in [1.29, 1.82) is 0 Å². The minimum atomic E-state index is -1.71. The Labute approximate surface area is 192 Å². The molecule has 0 radical (unpaired) electrons. The summed E-state index contributed by atoms with van der Waals surface area (Å²) < 4.78 is 15.3. The molecule has 1 aromatic heterocycles. The second-order valence-electron chi connectivity index (χ2n) is 6.10. The molecule has 2 atom stereocenters. The number of hydrogen-bond donors (Lipinski definition) is 1. The molecular weight excluding hydrogens is 415 g/mol. The second kappa shape index (κ2) is 9.35. The number of fused-ring (bicyclic) bond motifs is 1. The van der Waals surface area contributed by atoms with Crippen LogP contribution in [0.15, 0.2) is 34.1 Å². The molecule has 150 valence electrons. The third kappa shape index (κ3) is 4.38. The molecule has 0 unspecified atom stereocenters. The molecule has 0 aliphatic carbocycles. The molecule has 1 aromatic rings. The summed E-state index contributed by atoms with van der Waals surface area (Å²) in [5.41, 5.74) is -1.85. The maximum Gasteiger partial charge on any atom is 1.00 e. The van der Waals surface area contributed by atoms with E-state index in [4.69, 9.17) is 13.9 Å². The third-order valence-corrected chi connectivity index (χ3v) is 5.69. The van der Waals surface area contributed by atoms with Gasteiger partial charge in [0.05, 0.1) is 24.4 Å². The van der Waals surface area contributed by atoms with Crippen molar-refractivity contribution in [2.45, 2.75) is 24.4 Å². The summed E-state index contributed by atoms with van der Waals surface area (Å²) in [5.74, 6) is -2.86. The Morgan fingerprint density at radius 2 is 2.17 bits per heavy atom. The fourth-order valence-corrected chi connectivity index (χ4v) is 4.47. The molecule has 12 heteroatoms. The first kappa shape index (κ1) is 23.5. The molecule has 2 aliphatic heterocycles. The van der Waals surface area contributed by atoms with E-state index < -0.39 is 34.9 Å². The molecule has 3 rings (SSSR count). The average molecular weight is 432 g/mol. The van der Waals surface area contributed by atoms with Gasteiger partial charge in [-0.3, -0.25) is 19.3 Å². The van der Waals surface area contributed by atoms with E-state index in [9.17, 15) is 24.3 Å². The van der Waals surface area contributed by atoms with Gasteiger partial charge in [0.15, 0.2) is 0 Å². The second-order valence-corrected chi connectivity index (χ2v) is 7.17. The number of carboxylic acid groups (broad SMARTS) is 1. The molecule has 1 N–H and O–H groups in total. The molecule has 0 saturated carbocycles. The fourth-order valence-electron chi connectivity index (χ4n) is 3.05. The molecule has 1 fully saturated rings. The van der Waals surface area contributed by atoms with Gasteiger partial charge >= 0.3 is 35.5 Å². The van der Waals surface area contributed by atoms with Crippen LogP contribution in [0.25, 0.3) is 0 Å². The minimum Gasteiger partial charge on any atom is -0.543 e. The van der Waals surface area contributed by atoms with Crippen molar-refractivity contribution >= 4 is 35.5 Å². The van der Waals surface area contributed by atoms with Crippen LogP contribution >= 0.6 is 11.8 Å². The van der Waals surface area contributed by atoms with Crippen LogP contribution in [0.4, 0.5) is 0 Å². The van der Waals surface area contributed by atoms with Crippen LogP contribution in [0.3, 0.4) is 0 Å². The summed E-state index contributed by atoms with van der Waals surface area (Å²) >= 11 is 1.18. The van der Waals surface area contributed by atoms with Crippen molar-refractivity contribution < 1.29 is 67.7 Å². The Hall–Kier alpha value is -1.79. The van der Waals surface area contributed by atoms with Gasteiger partial charge in [-0.25, -0.2) is 0 Å². The first-order valence-electron chi connectivity index (χ1n) is 8.20. The molecule has 2 aliphatic rings. The number of amides is 2. The van der Waals surface area contributed by atoms with Gasteiger partial charge < -0.3 is 29.1 Å². The molecule has 0 aromatic carbocycles. The maximum atomic E-state index is 12.8. The molecule has 29 heavy (non-hydrogen) atoms. The van der Waals surface area contributed by atoms with Crippen molar-refractivity contribution in [1.82, 2.24) is 10.2 Å². The number of methoxy groups -OCH3 is 1. The summed E-state index contributed by atoms with van der Waals surface area (Å²) in [6.07, 6.45) is 1.31. The number of carbonyl (C=O) groups is 4. The molecule has 0 bridgehead atoms. The van der Waals surface area contributed by atoms with Crippen LogP contribution in [-0.2, 0) is 35.1 Å². The number of aliphatic carboxylic acids is 1. The predicted molar refractivity (Wildman–Crippen MR) is 92.1 cm³/mol. The summed E-state index contributed by atoms with van der Waals surface area (Å²) in [4.78, 5) is 48.8. The van der Waals surface area contributed by atoms with Gasteiger partial charge in [0.2, 0.25) is 5.91 Å². The summed E-state index contributed by atoms with van der Waals surface area (Å²) in [7, 11) is 1.25. The summed E-state index contributed by atoms with van der Waals surface area (Å²) in [5, 5.41) is 13.4. The number of carbonyl (C=O) groups excluding carboxylic acids is 4. The third-order valence-electron chi connectivity index (χ3n) is 4.32. The number of thioether (sulfide) groups is 1. The van der Waals surface area contributed by atoms with Crippen molar-refractivity contribution in [2.24, 2.45) is 0 Å². The molecule has 2 amide bonds. The fraction of sp³-hybridized carbons (Fsp3) is 0.412. The Kier molecular flexibility index (Phi) is 7.57. The first-order chi connectivity index (χ1) is 13.3. The van der Waals surface area contributed by atoms with E-state index in [0.717, 1.165) is 4.90 Å². The summed E-state index contributed by atoms with van der Waals surface area (Å²) in [6.45, 7) is 0.921. The molecular formula is C17H17N2NaO8S. The van der Waals surface area contributed by atoms with E-state index >= 15 is 0 Å². The van der Waals surface area contributed by atoms with E-state index in [0.29, 0.717) is 5.76 Å². The molecule has 0 spiro atoms. The number of esters is 1. The zero-order valence-corrected chi connectivity index (χ0v) is 18.9. The largest absolute Gasteiger partial charge is 1.00 e. The van der Waals surface area contributed by atoms with Gasteiger partial charge in [0, 0.05) is 25.4 Å². The van der Waals surface area contributed by atoms with Gasteiger partial charge in [-0.1, -0.05) is 0 Å². The van der Waals surface area contributed by atoms with Crippen molar-refractivity contribution in [2.75, 3.05) is 19.5 Å². The number of furan rings is 1. The van der Waals surface area contributed by atoms with Gasteiger partial charge in [-0.2, -0.15) is 0 Å². The first-order valence-corrected chi connectivity index (χ1v) is 9.25. The van der Waals surface area contributed by atoms with Crippen LogP contribution in [0.2, 0.25) is 0 Å². The number of carboxylic acids is 1.